The summed E-state index contributed by atoms with van der Waals surface area (Å²) < 4.78 is 5.22. The Labute approximate surface area is 115 Å². The highest BCUT2D eigenvalue weighted by atomic mass is 16.6. The summed E-state index contributed by atoms with van der Waals surface area (Å²) in [5.41, 5.74) is 4.03. The Balaban J connectivity index is 2.37. The van der Waals surface area contributed by atoms with E-state index < -0.39 is 4.92 Å². The SMILES string of the molecule is COc1ccccc1Nc1cc(NN)cc([N+](=O)[O-])c1. The molecule has 0 atom stereocenters. The fraction of sp³-hybridized carbons (Fsp3) is 0.0769. The lowest BCUT2D eigenvalue weighted by molar-refractivity contribution is -0.384. The fourth-order valence-corrected chi connectivity index (χ4v) is 1.78. The van der Waals surface area contributed by atoms with Crippen molar-refractivity contribution in [2.24, 2.45) is 5.84 Å². The minimum atomic E-state index is -0.478. The van der Waals surface area contributed by atoms with Gasteiger partial charge in [-0.1, -0.05) is 12.1 Å². The summed E-state index contributed by atoms with van der Waals surface area (Å²) in [6.07, 6.45) is 0. The first-order valence-electron chi connectivity index (χ1n) is 5.80. The van der Waals surface area contributed by atoms with Crippen LogP contribution in [0.3, 0.4) is 0 Å². The molecule has 0 bridgehead atoms. The van der Waals surface area contributed by atoms with Crippen LogP contribution in [0.25, 0.3) is 0 Å². The van der Waals surface area contributed by atoms with Crippen LogP contribution in [0, 0.1) is 10.1 Å². The average molecular weight is 274 g/mol. The van der Waals surface area contributed by atoms with E-state index >= 15 is 0 Å². The predicted octanol–water partition coefficient (Wildman–Crippen LogP) is 2.63. The highest BCUT2D eigenvalue weighted by molar-refractivity contribution is 5.71. The molecule has 2 rings (SSSR count). The zero-order valence-electron chi connectivity index (χ0n) is 10.8. The van der Waals surface area contributed by atoms with E-state index in [0.29, 0.717) is 22.8 Å². The van der Waals surface area contributed by atoms with Gasteiger partial charge in [0.25, 0.3) is 5.69 Å². The van der Waals surface area contributed by atoms with Crippen molar-refractivity contribution in [3.8, 4) is 5.75 Å². The number of hydrogen-bond acceptors (Lipinski definition) is 6. The molecule has 0 radical (unpaired) electrons. The first-order chi connectivity index (χ1) is 9.63. The van der Waals surface area contributed by atoms with E-state index in [1.807, 2.05) is 18.2 Å². The van der Waals surface area contributed by atoms with E-state index in [0.717, 1.165) is 0 Å². The largest absolute Gasteiger partial charge is 0.495 e. The van der Waals surface area contributed by atoms with Crippen LogP contribution in [-0.4, -0.2) is 12.0 Å². The number of nitro groups is 1. The lowest BCUT2D eigenvalue weighted by Crippen LogP contribution is -2.07. The van der Waals surface area contributed by atoms with Gasteiger partial charge in [-0.2, -0.15) is 0 Å². The van der Waals surface area contributed by atoms with Gasteiger partial charge in [-0.15, -0.1) is 0 Å². The Hall–Kier alpha value is -2.80. The molecule has 0 aliphatic rings. The Morgan fingerprint density at radius 2 is 1.90 bits per heavy atom. The van der Waals surface area contributed by atoms with Gasteiger partial charge in [0.2, 0.25) is 0 Å². The predicted molar refractivity (Wildman–Crippen MR) is 77.2 cm³/mol. The third-order valence-electron chi connectivity index (χ3n) is 2.68. The maximum atomic E-state index is 10.9. The highest BCUT2D eigenvalue weighted by Gasteiger charge is 2.10. The number of rotatable bonds is 5. The number of nitro benzene ring substituents is 1. The van der Waals surface area contributed by atoms with Crippen LogP contribution in [0.15, 0.2) is 42.5 Å². The first kappa shape index (κ1) is 13.6. The molecule has 4 N–H and O–H groups in total. The minimum Gasteiger partial charge on any atom is -0.495 e. The summed E-state index contributed by atoms with van der Waals surface area (Å²) in [5.74, 6) is 5.95. The number of nitrogens with zero attached hydrogens (tertiary/aromatic N) is 1. The van der Waals surface area contributed by atoms with Gasteiger partial charge in [-0.05, 0) is 18.2 Å². The van der Waals surface area contributed by atoms with E-state index in [-0.39, 0.29) is 5.69 Å². The van der Waals surface area contributed by atoms with Gasteiger partial charge < -0.3 is 15.5 Å². The standard InChI is InChI=1S/C13H14N4O3/c1-20-13-5-3-2-4-12(13)15-9-6-10(16-14)8-11(7-9)17(18)19/h2-8,15-16H,14H2,1H3. The summed E-state index contributed by atoms with van der Waals surface area (Å²) >= 11 is 0. The number of anilines is 3. The Kier molecular flexibility index (Phi) is 4.02. The molecule has 0 fully saturated rings. The molecule has 0 saturated carbocycles. The molecule has 0 aromatic heterocycles. The summed E-state index contributed by atoms with van der Waals surface area (Å²) in [6.45, 7) is 0. The quantitative estimate of drug-likeness (QED) is 0.440. The molecule has 2 aromatic rings. The second-order valence-corrected chi connectivity index (χ2v) is 4.00. The number of nitrogens with one attached hydrogen (secondary N) is 2. The van der Waals surface area contributed by atoms with Crippen LogP contribution in [0.2, 0.25) is 0 Å². The number of non-ortho nitro benzene ring substituents is 1. The summed E-state index contributed by atoms with van der Waals surface area (Å²) in [7, 11) is 1.56. The van der Waals surface area contributed by atoms with Gasteiger partial charge >= 0.3 is 0 Å². The summed E-state index contributed by atoms with van der Waals surface area (Å²) in [4.78, 5) is 10.4. The average Bonchev–Trinajstić information content (AvgIpc) is 2.47. The van der Waals surface area contributed by atoms with Gasteiger partial charge in [0.1, 0.15) is 5.75 Å². The van der Waals surface area contributed by atoms with Crippen molar-refractivity contribution < 1.29 is 9.66 Å². The molecule has 0 aliphatic heterocycles. The van der Waals surface area contributed by atoms with Crippen molar-refractivity contribution in [2.45, 2.75) is 0 Å². The molecule has 7 heteroatoms. The molecule has 0 saturated heterocycles. The molecule has 0 aliphatic carbocycles. The fourth-order valence-electron chi connectivity index (χ4n) is 1.78. The van der Waals surface area contributed by atoms with Crippen LogP contribution in [0.4, 0.5) is 22.7 Å². The normalized spacial score (nSPS) is 9.90. The zero-order valence-corrected chi connectivity index (χ0v) is 10.8. The number of hydrogen-bond donors (Lipinski definition) is 3. The van der Waals surface area contributed by atoms with E-state index in [4.69, 9.17) is 10.6 Å². The number of benzene rings is 2. The number of nitrogen functional groups attached to an aromatic ring is 1. The van der Waals surface area contributed by atoms with E-state index in [1.165, 1.54) is 12.1 Å². The van der Waals surface area contributed by atoms with Gasteiger partial charge in [-0.25, -0.2) is 0 Å². The van der Waals surface area contributed by atoms with Crippen molar-refractivity contribution in [3.63, 3.8) is 0 Å². The third kappa shape index (κ3) is 2.96. The zero-order chi connectivity index (χ0) is 14.5. The summed E-state index contributed by atoms with van der Waals surface area (Å²) in [6, 6.07) is 11.7. The van der Waals surface area contributed by atoms with Gasteiger partial charge in [0, 0.05) is 17.8 Å². The lowest BCUT2D eigenvalue weighted by Gasteiger charge is -2.11. The minimum absolute atomic E-state index is 0.0575. The van der Waals surface area contributed by atoms with Crippen molar-refractivity contribution in [1.82, 2.24) is 0 Å². The van der Waals surface area contributed by atoms with Crippen molar-refractivity contribution in [2.75, 3.05) is 17.9 Å². The Bertz CT molecular complexity index is 631. The Morgan fingerprint density at radius 3 is 2.55 bits per heavy atom. The second kappa shape index (κ2) is 5.89. The van der Waals surface area contributed by atoms with Crippen LogP contribution >= 0.6 is 0 Å². The van der Waals surface area contributed by atoms with Crippen molar-refractivity contribution in [1.29, 1.82) is 0 Å². The second-order valence-electron chi connectivity index (χ2n) is 4.00. The van der Waals surface area contributed by atoms with Crippen LogP contribution < -0.4 is 21.3 Å². The Morgan fingerprint density at radius 1 is 1.20 bits per heavy atom. The molecule has 0 amide bonds. The number of para-hydroxylation sites is 2. The number of nitrogens with two attached hydrogens (primary N) is 1. The highest BCUT2D eigenvalue weighted by Crippen LogP contribution is 2.30. The van der Waals surface area contributed by atoms with Crippen molar-refractivity contribution in [3.05, 3.63) is 52.6 Å². The third-order valence-corrected chi connectivity index (χ3v) is 2.68. The van der Waals surface area contributed by atoms with Crippen molar-refractivity contribution >= 4 is 22.7 Å². The molecule has 104 valence electrons. The number of ether oxygens (including phenoxy) is 1. The molecule has 20 heavy (non-hydrogen) atoms. The van der Waals surface area contributed by atoms with E-state index in [2.05, 4.69) is 10.7 Å². The molecule has 0 spiro atoms. The van der Waals surface area contributed by atoms with E-state index in [1.54, 1.807) is 19.2 Å². The van der Waals surface area contributed by atoms with Gasteiger partial charge in [0.15, 0.2) is 0 Å². The van der Waals surface area contributed by atoms with Crippen LogP contribution in [0.1, 0.15) is 0 Å². The maximum absolute atomic E-state index is 10.9. The van der Waals surface area contributed by atoms with E-state index in [9.17, 15) is 10.1 Å². The van der Waals surface area contributed by atoms with Crippen LogP contribution in [-0.2, 0) is 0 Å². The number of hydrazine groups is 1. The monoisotopic (exact) mass is 274 g/mol. The molecule has 7 nitrogen and oxygen atoms in total. The molecule has 0 heterocycles. The smallest absolute Gasteiger partial charge is 0.273 e. The maximum Gasteiger partial charge on any atom is 0.273 e. The summed E-state index contributed by atoms with van der Waals surface area (Å²) in [5, 5.41) is 13.9. The number of methoxy groups -OCH3 is 1. The molecule has 0 unspecified atom stereocenters. The lowest BCUT2D eigenvalue weighted by atomic mass is 10.2. The molecule has 2 aromatic carbocycles. The first-order valence-corrected chi connectivity index (χ1v) is 5.80. The molecular formula is C13H14N4O3. The van der Waals surface area contributed by atoms with Gasteiger partial charge in [-0.3, -0.25) is 16.0 Å². The molecular weight excluding hydrogens is 260 g/mol. The van der Waals surface area contributed by atoms with Crippen LogP contribution in [0.5, 0.6) is 5.75 Å². The topological polar surface area (TPSA) is 102 Å². The van der Waals surface area contributed by atoms with Gasteiger partial charge in [0.05, 0.1) is 23.4 Å².